The average Bonchev–Trinajstić information content (AvgIpc) is 2.27. The molecule has 0 aromatic rings. The number of ether oxygens (including phenoxy) is 1. The maximum Gasteiger partial charge on any atom is 0.305 e. The monoisotopic (exact) mass is 228 g/mol. The molecule has 96 valence electrons. The number of esters is 1. The summed E-state index contributed by atoms with van der Waals surface area (Å²) >= 11 is 0. The van der Waals surface area contributed by atoms with Crippen LogP contribution in [0.4, 0.5) is 0 Å². The lowest BCUT2D eigenvalue weighted by Crippen LogP contribution is -2.20. The second-order valence-corrected chi connectivity index (χ2v) is 4.96. The Hall–Kier alpha value is -0.530. The molecule has 0 amide bonds. The summed E-state index contributed by atoms with van der Waals surface area (Å²) in [6.45, 7) is 10.7. The average molecular weight is 228 g/mol. The van der Waals surface area contributed by atoms with Crippen molar-refractivity contribution < 1.29 is 9.53 Å². The zero-order valence-corrected chi connectivity index (χ0v) is 11.6. The van der Waals surface area contributed by atoms with Crippen LogP contribution in [0.3, 0.4) is 0 Å². The second-order valence-electron chi connectivity index (χ2n) is 4.96. The SMILES string of the molecule is CCC(=O)OC(CC)CC(C)CC(C)CC. The molecule has 0 radical (unpaired) electrons. The van der Waals surface area contributed by atoms with Crippen LogP contribution in [0.2, 0.25) is 0 Å². The summed E-state index contributed by atoms with van der Waals surface area (Å²) in [5.41, 5.74) is 0. The van der Waals surface area contributed by atoms with E-state index < -0.39 is 0 Å². The van der Waals surface area contributed by atoms with Gasteiger partial charge in [0.15, 0.2) is 0 Å². The highest BCUT2D eigenvalue weighted by Crippen LogP contribution is 2.21. The molecular formula is C14H28O2. The smallest absolute Gasteiger partial charge is 0.305 e. The Morgan fingerprint density at radius 1 is 1.00 bits per heavy atom. The molecule has 16 heavy (non-hydrogen) atoms. The molecule has 0 aliphatic rings. The van der Waals surface area contributed by atoms with Crippen molar-refractivity contribution >= 4 is 5.97 Å². The summed E-state index contributed by atoms with van der Waals surface area (Å²) in [6, 6.07) is 0. The van der Waals surface area contributed by atoms with Crippen LogP contribution in [0, 0.1) is 11.8 Å². The van der Waals surface area contributed by atoms with Crippen molar-refractivity contribution in [2.24, 2.45) is 11.8 Å². The molecule has 0 heterocycles. The lowest BCUT2D eigenvalue weighted by atomic mass is 9.91. The van der Waals surface area contributed by atoms with E-state index in [-0.39, 0.29) is 12.1 Å². The zero-order valence-electron chi connectivity index (χ0n) is 11.6. The normalized spacial score (nSPS) is 16.6. The predicted molar refractivity (Wildman–Crippen MR) is 68.3 cm³/mol. The van der Waals surface area contributed by atoms with E-state index in [4.69, 9.17) is 4.74 Å². The van der Waals surface area contributed by atoms with E-state index in [1.165, 1.54) is 12.8 Å². The minimum atomic E-state index is -0.0670. The van der Waals surface area contributed by atoms with E-state index >= 15 is 0 Å². The lowest BCUT2D eigenvalue weighted by molar-refractivity contribution is -0.149. The van der Waals surface area contributed by atoms with E-state index in [0.717, 1.165) is 18.8 Å². The molecular weight excluding hydrogens is 200 g/mol. The van der Waals surface area contributed by atoms with Crippen molar-refractivity contribution in [1.29, 1.82) is 0 Å². The van der Waals surface area contributed by atoms with Gasteiger partial charge in [0, 0.05) is 6.42 Å². The quantitative estimate of drug-likeness (QED) is 0.582. The third-order valence-corrected chi connectivity index (χ3v) is 3.21. The summed E-state index contributed by atoms with van der Waals surface area (Å²) in [5.74, 6) is 1.35. The van der Waals surface area contributed by atoms with Gasteiger partial charge >= 0.3 is 5.97 Å². The summed E-state index contributed by atoms with van der Waals surface area (Å²) < 4.78 is 5.40. The molecule has 0 aromatic carbocycles. The number of carbonyl (C=O) groups is 1. The van der Waals surface area contributed by atoms with Crippen LogP contribution in [0.25, 0.3) is 0 Å². The van der Waals surface area contributed by atoms with Crippen LogP contribution < -0.4 is 0 Å². The van der Waals surface area contributed by atoms with Gasteiger partial charge in [-0.05, 0) is 31.1 Å². The van der Waals surface area contributed by atoms with E-state index in [1.54, 1.807) is 0 Å². The maximum atomic E-state index is 11.2. The van der Waals surface area contributed by atoms with Crippen molar-refractivity contribution in [1.82, 2.24) is 0 Å². The Balaban J connectivity index is 3.96. The van der Waals surface area contributed by atoms with E-state index in [2.05, 4.69) is 27.7 Å². The van der Waals surface area contributed by atoms with E-state index in [0.29, 0.717) is 12.3 Å². The largest absolute Gasteiger partial charge is 0.462 e. The number of hydrogen-bond acceptors (Lipinski definition) is 2. The summed E-state index contributed by atoms with van der Waals surface area (Å²) in [7, 11) is 0. The van der Waals surface area contributed by atoms with Gasteiger partial charge in [-0.2, -0.15) is 0 Å². The predicted octanol–water partition coefficient (Wildman–Crippen LogP) is 4.18. The van der Waals surface area contributed by atoms with Crippen molar-refractivity contribution in [2.45, 2.75) is 72.8 Å². The molecule has 3 atom stereocenters. The molecule has 0 fully saturated rings. The van der Waals surface area contributed by atoms with Gasteiger partial charge in [0.25, 0.3) is 0 Å². The highest BCUT2D eigenvalue weighted by atomic mass is 16.5. The Kier molecular flexibility index (Phi) is 8.32. The Bertz CT molecular complexity index is 189. The minimum Gasteiger partial charge on any atom is -0.462 e. The van der Waals surface area contributed by atoms with E-state index in [9.17, 15) is 4.79 Å². The molecule has 0 aliphatic carbocycles. The fraction of sp³-hybridized carbons (Fsp3) is 0.929. The summed E-state index contributed by atoms with van der Waals surface area (Å²) in [4.78, 5) is 11.2. The molecule has 3 unspecified atom stereocenters. The van der Waals surface area contributed by atoms with Gasteiger partial charge in [0.1, 0.15) is 6.10 Å². The first-order valence-electron chi connectivity index (χ1n) is 6.72. The highest BCUT2D eigenvalue weighted by molar-refractivity contribution is 5.69. The maximum absolute atomic E-state index is 11.2. The van der Waals surface area contributed by atoms with Gasteiger partial charge in [-0.1, -0.05) is 41.0 Å². The van der Waals surface area contributed by atoms with Crippen LogP contribution in [0.1, 0.15) is 66.7 Å². The number of carbonyl (C=O) groups excluding carboxylic acids is 1. The van der Waals surface area contributed by atoms with Gasteiger partial charge in [0.2, 0.25) is 0 Å². The molecule has 2 nitrogen and oxygen atoms in total. The van der Waals surface area contributed by atoms with E-state index in [1.807, 2.05) is 6.92 Å². The second kappa shape index (κ2) is 8.60. The van der Waals surface area contributed by atoms with Crippen LogP contribution in [0.15, 0.2) is 0 Å². The first-order chi connectivity index (χ1) is 7.53. The third-order valence-electron chi connectivity index (χ3n) is 3.21. The topological polar surface area (TPSA) is 26.3 Å². The van der Waals surface area contributed by atoms with Crippen molar-refractivity contribution in [3.8, 4) is 0 Å². The standard InChI is InChI=1S/C14H28O2/c1-6-11(4)9-12(5)10-13(7-2)16-14(15)8-3/h11-13H,6-10H2,1-5H3. The van der Waals surface area contributed by atoms with Gasteiger partial charge in [-0.25, -0.2) is 0 Å². The number of hydrogen-bond donors (Lipinski definition) is 0. The first kappa shape index (κ1) is 15.5. The molecule has 0 aliphatic heterocycles. The van der Waals surface area contributed by atoms with Gasteiger partial charge < -0.3 is 4.74 Å². The van der Waals surface area contributed by atoms with Crippen molar-refractivity contribution in [2.75, 3.05) is 0 Å². The summed E-state index contributed by atoms with van der Waals surface area (Å²) in [5, 5.41) is 0. The molecule has 0 N–H and O–H groups in total. The molecule has 0 aromatic heterocycles. The molecule has 0 spiro atoms. The van der Waals surface area contributed by atoms with Crippen molar-refractivity contribution in [3.63, 3.8) is 0 Å². The molecule has 0 rings (SSSR count). The Morgan fingerprint density at radius 3 is 2.06 bits per heavy atom. The van der Waals surface area contributed by atoms with Crippen LogP contribution in [0.5, 0.6) is 0 Å². The molecule has 0 saturated heterocycles. The first-order valence-corrected chi connectivity index (χ1v) is 6.72. The van der Waals surface area contributed by atoms with Crippen LogP contribution in [-0.2, 0) is 9.53 Å². The minimum absolute atomic E-state index is 0.0670. The van der Waals surface area contributed by atoms with Gasteiger partial charge in [0.05, 0.1) is 0 Å². The third kappa shape index (κ3) is 6.86. The molecule has 0 saturated carbocycles. The van der Waals surface area contributed by atoms with Gasteiger partial charge in [-0.3, -0.25) is 4.79 Å². The fourth-order valence-electron chi connectivity index (χ4n) is 1.97. The van der Waals surface area contributed by atoms with Gasteiger partial charge in [-0.15, -0.1) is 0 Å². The van der Waals surface area contributed by atoms with Crippen molar-refractivity contribution in [3.05, 3.63) is 0 Å². The van der Waals surface area contributed by atoms with Crippen LogP contribution in [-0.4, -0.2) is 12.1 Å². The summed E-state index contributed by atoms with van der Waals surface area (Å²) in [6.07, 6.45) is 5.00. The van der Waals surface area contributed by atoms with Crippen LogP contribution >= 0.6 is 0 Å². The molecule has 0 bridgehead atoms. The fourth-order valence-corrected chi connectivity index (χ4v) is 1.97. The number of rotatable bonds is 8. The zero-order chi connectivity index (χ0) is 12.6. The highest BCUT2D eigenvalue weighted by Gasteiger charge is 2.16. The molecule has 2 heteroatoms. The Morgan fingerprint density at radius 2 is 1.62 bits per heavy atom. The lowest BCUT2D eigenvalue weighted by Gasteiger charge is -2.22. The Labute approximate surface area is 101 Å².